The highest BCUT2D eigenvalue weighted by Gasteiger charge is 2.44. The van der Waals surface area contributed by atoms with Crippen LogP contribution in [-0.4, -0.2) is 46.9 Å². The summed E-state index contributed by atoms with van der Waals surface area (Å²) in [5.74, 6) is 0.421. The van der Waals surface area contributed by atoms with Gasteiger partial charge in [0.1, 0.15) is 15.9 Å². The van der Waals surface area contributed by atoms with E-state index < -0.39 is 15.3 Å². The number of aromatic amines is 2. The fourth-order valence-corrected chi connectivity index (χ4v) is 5.30. The number of rotatable bonds is 7. The van der Waals surface area contributed by atoms with Crippen molar-refractivity contribution in [2.75, 3.05) is 13.2 Å². The van der Waals surface area contributed by atoms with E-state index in [-0.39, 0.29) is 18.8 Å². The van der Waals surface area contributed by atoms with Gasteiger partial charge < -0.3 is 19.3 Å². The van der Waals surface area contributed by atoms with Gasteiger partial charge in [-0.1, -0.05) is 6.08 Å². The van der Waals surface area contributed by atoms with Gasteiger partial charge in [0, 0.05) is 63.8 Å². The lowest BCUT2D eigenvalue weighted by Gasteiger charge is -2.37. The number of nitrogens with zero attached hydrogens (tertiary/aromatic N) is 4. The van der Waals surface area contributed by atoms with Crippen molar-refractivity contribution in [3.05, 3.63) is 77.8 Å². The Morgan fingerprint density at radius 3 is 2.72 bits per heavy atom. The molecule has 0 amide bonds. The van der Waals surface area contributed by atoms with Gasteiger partial charge in [0.05, 0.1) is 24.6 Å². The minimum absolute atomic E-state index is 0.128. The average molecular weight is 502 g/mol. The van der Waals surface area contributed by atoms with Crippen LogP contribution in [0.2, 0.25) is 0 Å². The van der Waals surface area contributed by atoms with Crippen LogP contribution in [0.4, 0.5) is 0 Å². The molecule has 1 atom stereocenters. The Morgan fingerprint density at radius 2 is 1.97 bits per heavy atom. The topological polar surface area (TPSA) is 142 Å². The number of pyridine rings is 2. The molecular formula is C25H23N7O3S. The first kappa shape index (κ1) is 22.4. The molecule has 0 bridgehead atoms. The van der Waals surface area contributed by atoms with E-state index in [0.717, 1.165) is 21.9 Å². The number of ether oxygens (including phenoxy) is 1. The summed E-state index contributed by atoms with van der Waals surface area (Å²) in [6, 6.07) is 7.35. The SMILES string of the molecule is C=CCCn1cc(-c2cc(C3([SH](=N)=O)COC3)nc(-c3ccnc4[nH]ccc34)n2)c2cc[nH]c2c1=O. The minimum atomic E-state index is -2.37. The van der Waals surface area contributed by atoms with Crippen LogP contribution >= 0.6 is 0 Å². The normalized spacial score (nSPS) is 15.7. The van der Waals surface area contributed by atoms with E-state index in [9.17, 15) is 9.00 Å². The van der Waals surface area contributed by atoms with Gasteiger partial charge in [0.25, 0.3) is 5.56 Å². The maximum atomic E-state index is 13.0. The molecule has 6 heterocycles. The van der Waals surface area contributed by atoms with E-state index in [2.05, 4.69) is 21.5 Å². The molecule has 0 aliphatic carbocycles. The van der Waals surface area contributed by atoms with Gasteiger partial charge in [-0.3, -0.25) is 13.8 Å². The highest BCUT2D eigenvalue weighted by atomic mass is 32.2. The smallest absolute Gasteiger partial charge is 0.274 e. The quantitative estimate of drug-likeness (QED) is 0.199. The molecule has 0 aromatic carbocycles. The molecular weight excluding hydrogens is 478 g/mol. The van der Waals surface area contributed by atoms with Crippen LogP contribution in [0.5, 0.6) is 0 Å². The van der Waals surface area contributed by atoms with Crippen LogP contribution in [0, 0.1) is 4.78 Å². The molecule has 10 nitrogen and oxygen atoms in total. The summed E-state index contributed by atoms with van der Waals surface area (Å²) in [4.78, 5) is 33.3. The van der Waals surface area contributed by atoms with Crippen molar-refractivity contribution >= 4 is 32.5 Å². The summed E-state index contributed by atoms with van der Waals surface area (Å²) < 4.78 is 26.7. The van der Waals surface area contributed by atoms with E-state index in [1.165, 1.54) is 0 Å². The Kier molecular flexibility index (Phi) is 5.31. The molecule has 1 aliphatic rings. The lowest BCUT2D eigenvalue weighted by atomic mass is 9.99. The number of thiol groups is 1. The summed E-state index contributed by atoms with van der Waals surface area (Å²) in [5.41, 5.74) is 3.58. The second-order valence-corrected chi connectivity index (χ2v) is 10.2. The molecule has 1 saturated heterocycles. The van der Waals surface area contributed by atoms with Crippen LogP contribution < -0.4 is 5.56 Å². The fraction of sp³-hybridized carbons (Fsp3) is 0.200. The number of nitrogens with one attached hydrogen (secondary N) is 3. The first-order valence-electron chi connectivity index (χ1n) is 11.4. The second kappa shape index (κ2) is 8.54. The third-order valence-electron chi connectivity index (χ3n) is 6.62. The summed E-state index contributed by atoms with van der Waals surface area (Å²) in [6.45, 7) is 4.54. The van der Waals surface area contributed by atoms with Gasteiger partial charge >= 0.3 is 0 Å². The number of fused-ring (bicyclic) bond motifs is 2. The van der Waals surface area contributed by atoms with Crippen LogP contribution in [0.25, 0.3) is 44.6 Å². The van der Waals surface area contributed by atoms with Crippen molar-refractivity contribution in [2.45, 2.75) is 17.7 Å². The third kappa shape index (κ3) is 3.39. The molecule has 0 spiro atoms. The molecule has 0 saturated carbocycles. The van der Waals surface area contributed by atoms with E-state index in [1.807, 2.05) is 18.2 Å². The standard InChI is InChI=1S/C25H23N7O3S/c1-2-3-10-32-12-18(15-4-7-27-21(15)24(32)33)19-11-20(25(36(26)34)13-35-14-25)31-23(30-19)17-6-9-29-22-16(17)5-8-28-22/h2,4-9,11-12,26-27,36H,1,3,10,13-14H2,(H,28,29). The van der Waals surface area contributed by atoms with E-state index in [0.29, 0.717) is 41.3 Å². The van der Waals surface area contributed by atoms with E-state index in [1.54, 1.807) is 41.5 Å². The summed E-state index contributed by atoms with van der Waals surface area (Å²) in [5, 5.41) is 1.57. The van der Waals surface area contributed by atoms with Crippen molar-refractivity contribution < 1.29 is 8.95 Å². The Balaban J connectivity index is 1.65. The number of aryl methyl sites for hydroxylation is 1. The predicted molar refractivity (Wildman–Crippen MR) is 138 cm³/mol. The lowest BCUT2D eigenvalue weighted by molar-refractivity contribution is -0.0147. The number of H-pyrrole nitrogens is 2. The highest BCUT2D eigenvalue weighted by molar-refractivity contribution is 7.74. The van der Waals surface area contributed by atoms with Crippen molar-refractivity contribution in [1.29, 1.82) is 4.78 Å². The van der Waals surface area contributed by atoms with Crippen molar-refractivity contribution in [3.8, 4) is 22.6 Å². The molecule has 36 heavy (non-hydrogen) atoms. The van der Waals surface area contributed by atoms with Crippen molar-refractivity contribution in [1.82, 2.24) is 29.5 Å². The van der Waals surface area contributed by atoms with Crippen LogP contribution in [-0.2, 0) is 26.6 Å². The largest absolute Gasteiger partial charge is 0.377 e. The zero-order chi connectivity index (χ0) is 24.9. The van der Waals surface area contributed by atoms with Gasteiger partial charge in [-0.25, -0.2) is 15.0 Å². The van der Waals surface area contributed by atoms with E-state index in [4.69, 9.17) is 19.5 Å². The fourth-order valence-electron chi connectivity index (χ4n) is 4.56. The monoisotopic (exact) mass is 501 g/mol. The average Bonchev–Trinajstić information content (AvgIpc) is 3.52. The summed E-state index contributed by atoms with van der Waals surface area (Å²) in [6.07, 6.45) is 9.39. The number of allylic oxidation sites excluding steroid dienone is 1. The van der Waals surface area contributed by atoms with Crippen LogP contribution in [0.15, 0.2) is 66.5 Å². The molecule has 3 N–H and O–H groups in total. The molecule has 11 heteroatoms. The minimum Gasteiger partial charge on any atom is -0.377 e. The lowest BCUT2D eigenvalue weighted by Crippen LogP contribution is -2.48. The van der Waals surface area contributed by atoms with Crippen LogP contribution in [0.1, 0.15) is 12.1 Å². The molecule has 5 aromatic heterocycles. The third-order valence-corrected chi connectivity index (χ3v) is 7.89. The van der Waals surface area contributed by atoms with Gasteiger partial charge in [-0.15, -0.1) is 6.58 Å². The Bertz CT molecular complexity index is 1770. The number of aromatic nitrogens is 6. The van der Waals surface area contributed by atoms with Crippen LogP contribution in [0.3, 0.4) is 0 Å². The highest BCUT2D eigenvalue weighted by Crippen LogP contribution is 2.37. The zero-order valence-electron chi connectivity index (χ0n) is 19.2. The van der Waals surface area contributed by atoms with Gasteiger partial charge in [0.2, 0.25) is 0 Å². The van der Waals surface area contributed by atoms with E-state index >= 15 is 0 Å². The molecule has 182 valence electrons. The second-order valence-electron chi connectivity index (χ2n) is 8.76. The van der Waals surface area contributed by atoms with Gasteiger partial charge in [0.15, 0.2) is 5.82 Å². The maximum Gasteiger partial charge on any atom is 0.274 e. The first-order chi connectivity index (χ1) is 17.5. The molecule has 5 aromatic rings. The maximum absolute atomic E-state index is 13.0. The molecule has 1 aliphatic heterocycles. The summed E-state index contributed by atoms with van der Waals surface area (Å²) in [7, 11) is -2.37. The number of hydrogen-bond acceptors (Lipinski definition) is 7. The number of hydrogen-bond donors (Lipinski definition) is 4. The van der Waals surface area contributed by atoms with Gasteiger partial charge in [-0.2, -0.15) is 0 Å². The molecule has 6 rings (SSSR count). The molecule has 1 fully saturated rings. The predicted octanol–water partition coefficient (Wildman–Crippen LogP) is 3.37. The Hall–Kier alpha value is -4.09. The molecule has 0 radical (unpaired) electrons. The zero-order valence-corrected chi connectivity index (χ0v) is 20.1. The molecule has 1 unspecified atom stereocenters. The Morgan fingerprint density at radius 1 is 1.17 bits per heavy atom. The Labute approximate surface area is 207 Å². The van der Waals surface area contributed by atoms with Gasteiger partial charge in [-0.05, 0) is 30.7 Å². The van der Waals surface area contributed by atoms with Crippen molar-refractivity contribution in [3.63, 3.8) is 0 Å². The van der Waals surface area contributed by atoms with Crippen molar-refractivity contribution in [2.24, 2.45) is 0 Å². The summed E-state index contributed by atoms with van der Waals surface area (Å²) >= 11 is 0. The first-order valence-corrected chi connectivity index (χ1v) is 12.7.